The Bertz CT molecular complexity index is 520. The van der Waals surface area contributed by atoms with Crippen molar-refractivity contribution in [3.05, 3.63) is 40.7 Å². The molecule has 1 atom stereocenters. The molecule has 0 fully saturated rings. The van der Waals surface area contributed by atoms with Crippen LogP contribution in [0.3, 0.4) is 0 Å². The van der Waals surface area contributed by atoms with E-state index in [1.807, 2.05) is 28.9 Å². The highest BCUT2D eigenvalue weighted by Crippen LogP contribution is 2.19. The van der Waals surface area contributed by atoms with Gasteiger partial charge in [0.05, 0.1) is 12.6 Å². The van der Waals surface area contributed by atoms with Gasteiger partial charge in [-0.3, -0.25) is 0 Å². The van der Waals surface area contributed by atoms with E-state index in [4.69, 9.17) is 11.6 Å². The lowest BCUT2D eigenvalue weighted by atomic mass is 10.1. The lowest BCUT2D eigenvalue weighted by Crippen LogP contribution is -2.25. The molecule has 0 saturated carbocycles. The fourth-order valence-electron chi connectivity index (χ4n) is 1.81. The molecule has 1 heterocycles. The number of aromatic nitrogens is 4. The molecule has 0 aliphatic rings. The Morgan fingerprint density at radius 1 is 1.21 bits per heavy atom. The van der Waals surface area contributed by atoms with Crippen LogP contribution in [0.4, 0.5) is 0 Å². The molecule has 0 aliphatic heterocycles. The number of nitrogens with zero attached hydrogens (tertiary/aromatic N) is 4. The van der Waals surface area contributed by atoms with Crippen LogP contribution in [0.15, 0.2) is 24.3 Å². The van der Waals surface area contributed by atoms with E-state index in [1.165, 1.54) is 0 Å². The number of hydrogen-bond donors (Lipinski definition) is 1. The van der Waals surface area contributed by atoms with Crippen LogP contribution >= 0.6 is 11.6 Å². The summed E-state index contributed by atoms with van der Waals surface area (Å²) < 4.78 is 1.83. The predicted molar refractivity (Wildman–Crippen MR) is 75.1 cm³/mol. The van der Waals surface area contributed by atoms with E-state index in [2.05, 4.69) is 41.6 Å². The molecular formula is C13H18ClN5. The fraction of sp³-hybridized carbons (Fsp3) is 0.462. The van der Waals surface area contributed by atoms with Crippen molar-refractivity contribution in [2.75, 3.05) is 0 Å². The largest absolute Gasteiger partial charge is 0.308 e. The topological polar surface area (TPSA) is 55.6 Å². The van der Waals surface area contributed by atoms with Gasteiger partial charge in [0.2, 0.25) is 0 Å². The van der Waals surface area contributed by atoms with Crippen molar-refractivity contribution in [1.82, 2.24) is 25.5 Å². The van der Waals surface area contributed by atoms with Crippen molar-refractivity contribution in [3.63, 3.8) is 0 Å². The Balaban J connectivity index is 2.17. The third-order valence-electron chi connectivity index (χ3n) is 2.95. The zero-order chi connectivity index (χ0) is 13.8. The Morgan fingerprint density at radius 3 is 2.53 bits per heavy atom. The average molecular weight is 280 g/mol. The molecule has 1 aromatic carbocycles. The van der Waals surface area contributed by atoms with Crippen LogP contribution in [-0.2, 0) is 6.54 Å². The molecule has 102 valence electrons. The summed E-state index contributed by atoms with van der Waals surface area (Å²) in [6.45, 7) is 6.91. The monoisotopic (exact) mass is 279 g/mol. The van der Waals surface area contributed by atoms with E-state index in [9.17, 15) is 0 Å². The molecule has 1 aromatic heterocycles. The summed E-state index contributed by atoms with van der Waals surface area (Å²) in [6, 6.07) is 8.23. The van der Waals surface area contributed by atoms with E-state index < -0.39 is 0 Å². The highest BCUT2D eigenvalue weighted by atomic mass is 35.5. The number of tetrazole rings is 1. The smallest absolute Gasteiger partial charge is 0.165 e. The van der Waals surface area contributed by atoms with Crippen LogP contribution in [0.2, 0.25) is 5.02 Å². The first-order valence-electron chi connectivity index (χ1n) is 6.33. The van der Waals surface area contributed by atoms with E-state index >= 15 is 0 Å². The summed E-state index contributed by atoms with van der Waals surface area (Å²) in [5.41, 5.74) is 1.13. The van der Waals surface area contributed by atoms with Crippen LogP contribution in [0.25, 0.3) is 0 Å². The molecule has 0 spiro atoms. The first-order chi connectivity index (χ1) is 9.08. The SMILES string of the molecule is CC(C)NCc1nnnn1C(C)c1ccc(Cl)cc1. The van der Waals surface area contributed by atoms with Gasteiger partial charge in [0.15, 0.2) is 5.82 Å². The third-order valence-corrected chi connectivity index (χ3v) is 3.20. The van der Waals surface area contributed by atoms with Crippen molar-refractivity contribution < 1.29 is 0 Å². The van der Waals surface area contributed by atoms with Gasteiger partial charge in [0.1, 0.15) is 0 Å². The maximum absolute atomic E-state index is 5.90. The summed E-state index contributed by atoms with van der Waals surface area (Å²) in [7, 11) is 0. The second-order valence-electron chi connectivity index (χ2n) is 4.80. The van der Waals surface area contributed by atoms with Crippen LogP contribution < -0.4 is 5.32 Å². The Hall–Kier alpha value is -1.46. The van der Waals surface area contributed by atoms with Crippen molar-refractivity contribution in [2.45, 2.75) is 39.4 Å². The van der Waals surface area contributed by atoms with Crippen molar-refractivity contribution in [1.29, 1.82) is 0 Å². The van der Waals surface area contributed by atoms with Gasteiger partial charge >= 0.3 is 0 Å². The second kappa shape index (κ2) is 6.12. The first-order valence-corrected chi connectivity index (χ1v) is 6.71. The molecule has 0 amide bonds. The molecule has 2 aromatic rings. The number of halogens is 1. The summed E-state index contributed by atoms with van der Waals surface area (Å²) in [4.78, 5) is 0. The lowest BCUT2D eigenvalue weighted by Gasteiger charge is -2.15. The Morgan fingerprint density at radius 2 is 1.89 bits per heavy atom. The fourth-order valence-corrected chi connectivity index (χ4v) is 1.93. The summed E-state index contributed by atoms with van der Waals surface area (Å²) in [6.07, 6.45) is 0. The van der Waals surface area contributed by atoms with Gasteiger partial charge in [-0.05, 0) is 35.0 Å². The molecule has 5 nitrogen and oxygen atoms in total. The van der Waals surface area contributed by atoms with Gasteiger partial charge in [-0.2, -0.15) is 0 Å². The molecule has 0 radical (unpaired) electrons. The quantitative estimate of drug-likeness (QED) is 0.913. The second-order valence-corrected chi connectivity index (χ2v) is 5.24. The van der Waals surface area contributed by atoms with Gasteiger partial charge in [0, 0.05) is 11.1 Å². The van der Waals surface area contributed by atoms with Crippen molar-refractivity contribution >= 4 is 11.6 Å². The van der Waals surface area contributed by atoms with E-state index in [-0.39, 0.29) is 6.04 Å². The average Bonchev–Trinajstić information content (AvgIpc) is 2.84. The molecule has 0 bridgehead atoms. The lowest BCUT2D eigenvalue weighted by molar-refractivity contribution is 0.490. The highest BCUT2D eigenvalue weighted by molar-refractivity contribution is 6.30. The third kappa shape index (κ3) is 3.52. The van der Waals surface area contributed by atoms with Crippen LogP contribution in [0.5, 0.6) is 0 Å². The number of hydrogen-bond acceptors (Lipinski definition) is 4. The minimum absolute atomic E-state index is 0.0798. The van der Waals surface area contributed by atoms with Gasteiger partial charge in [-0.1, -0.05) is 37.6 Å². The maximum Gasteiger partial charge on any atom is 0.165 e. The van der Waals surface area contributed by atoms with Crippen LogP contribution in [0.1, 0.15) is 38.2 Å². The molecule has 1 N–H and O–H groups in total. The zero-order valence-corrected chi connectivity index (χ0v) is 12.1. The highest BCUT2D eigenvalue weighted by Gasteiger charge is 2.14. The Labute approximate surface area is 118 Å². The van der Waals surface area contributed by atoms with Crippen LogP contribution in [0, 0.1) is 0 Å². The maximum atomic E-state index is 5.90. The number of rotatable bonds is 5. The van der Waals surface area contributed by atoms with Crippen LogP contribution in [-0.4, -0.2) is 26.2 Å². The minimum atomic E-state index is 0.0798. The molecule has 0 saturated heterocycles. The normalized spacial score (nSPS) is 12.9. The predicted octanol–water partition coefficient (Wildman–Crippen LogP) is 2.43. The Kier molecular flexibility index (Phi) is 4.50. The summed E-state index contributed by atoms with van der Waals surface area (Å²) in [5, 5.41) is 16.0. The van der Waals surface area contributed by atoms with Gasteiger partial charge in [-0.15, -0.1) is 5.10 Å². The molecule has 19 heavy (non-hydrogen) atoms. The molecule has 2 rings (SSSR count). The van der Waals surface area contributed by atoms with Crippen molar-refractivity contribution in [3.8, 4) is 0 Å². The minimum Gasteiger partial charge on any atom is -0.308 e. The summed E-state index contributed by atoms with van der Waals surface area (Å²) in [5.74, 6) is 0.830. The van der Waals surface area contributed by atoms with E-state index in [1.54, 1.807) is 0 Å². The van der Waals surface area contributed by atoms with Gasteiger partial charge in [0.25, 0.3) is 0 Å². The summed E-state index contributed by atoms with van der Waals surface area (Å²) >= 11 is 5.90. The number of nitrogens with one attached hydrogen (secondary N) is 1. The molecule has 6 heteroatoms. The molecular weight excluding hydrogens is 262 g/mol. The standard InChI is InChI=1S/C13H18ClN5/c1-9(2)15-8-13-16-17-18-19(13)10(3)11-4-6-12(14)7-5-11/h4-7,9-10,15H,8H2,1-3H3. The van der Waals surface area contributed by atoms with Crippen molar-refractivity contribution in [2.24, 2.45) is 0 Å². The van der Waals surface area contributed by atoms with E-state index in [0.717, 1.165) is 16.4 Å². The zero-order valence-electron chi connectivity index (χ0n) is 11.3. The van der Waals surface area contributed by atoms with Gasteiger partial charge < -0.3 is 5.32 Å². The first kappa shape index (κ1) is 14.0. The van der Waals surface area contributed by atoms with Gasteiger partial charge in [-0.25, -0.2) is 4.68 Å². The molecule has 0 aliphatic carbocycles. The molecule has 1 unspecified atom stereocenters. The number of benzene rings is 1. The van der Waals surface area contributed by atoms with E-state index in [0.29, 0.717) is 12.6 Å².